The number of non-ortho nitro benzene ring substituents is 1. The van der Waals surface area contributed by atoms with Crippen LogP contribution >= 0.6 is 34.3 Å². The molecule has 1 atom stereocenters. The SMILES string of the molecule is O=C1C(=O)N(c2ncc(S(=O)(=O)c3ccc([N+](=O)[O-])cc3)s2)C(c2cccs2)/C1=C(/O)c1ccc(Cl)cc1. The Labute approximate surface area is 228 Å². The molecular weight excluding hydrogens is 574 g/mol. The standard InChI is InChI=1S/C24H14ClN3O7S3/c25-14-5-3-13(4-6-14)21(29)19-20(17-2-1-11-36-17)27(23(31)22(19)30)24-26-12-18(37-24)38(34,35)16-9-7-15(8-10-16)28(32)33/h1-12,20,29H/b21-19-. The second kappa shape index (κ2) is 9.76. The number of carbonyl (C=O) groups is 2. The van der Waals surface area contributed by atoms with Crippen LogP contribution in [-0.2, 0) is 19.4 Å². The molecule has 38 heavy (non-hydrogen) atoms. The van der Waals surface area contributed by atoms with Gasteiger partial charge in [0.1, 0.15) is 16.0 Å². The first-order valence-corrected chi connectivity index (χ1v) is 14.2. The molecule has 0 bridgehead atoms. The molecule has 1 aliphatic heterocycles. The number of amides is 1. The van der Waals surface area contributed by atoms with Crippen LogP contribution in [0.1, 0.15) is 16.5 Å². The van der Waals surface area contributed by atoms with Crippen LogP contribution in [0.4, 0.5) is 10.8 Å². The van der Waals surface area contributed by atoms with Crippen LogP contribution in [0.2, 0.25) is 5.02 Å². The Bertz CT molecular complexity index is 1710. The minimum Gasteiger partial charge on any atom is -0.507 e. The largest absolute Gasteiger partial charge is 0.507 e. The summed E-state index contributed by atoms with van der Waals surface area (Å²) >= 11 is 7.84. The number of ketones is 1. The highest BCUT2D eigenvalue weighted by Crippen LogP contribution is 2.45. The van der Waals surface area contributed by atoms with E-state index in [0.717, 1.165) is 35.4 Å². The molecule has 0 saturated carbocycles. The molecule has 10 nitrogen and oxygen atoms in total. The average molecular weight is 588 g/mol. The predicted octanol–water partition coefficient (Wildman–Crippen LogP) is 5.23. The third kappa shape index (κ3) is 4.39. The van der Waals surface area contributed by atoms with Gasteiger partial charge in [-0.1, -0.05) is 29.0 Å². The van der Waals surface area contributed by atoms with E-state index in [1.807, 2.05) is 0 Å². The molecule has 4 aromatic rings. The number of sulfone groups is 1. The van der Waals surface area contributed by atoms with Crippen molar-refractivity contribution in [2.45, 2.75) is 15.1 Å². The summed E-state index contributed by atoms with van der Waals surface area (Å²) in [5, 5.41) is 24.1. The highest BCUT2D eigenvalue weighted by Gasteiger charge is 2.48. The number of benzene rings is 2. The molecule has 1 unspecified atom stereocenters. The third-order valence-corrected chi connectivity index (χ3v) is 10.1. The van der Waals surface area contributed by atoms with Crippen LogP contribution < -0.4 is 4.90 Å². The molecular formula is C24H14ClN3O7S3. The van der Waals surface area contributed by atoms with Gasteiger partial charge in [-0.25, -0.2) is 13.4 Å². The van der Waals surface area contributed by atoms with Gasteiger partial charge in [0.05, 0.1) is 21.6 Å². The Morgan fingerprint density at radius 2 is 1.76 bits per heavy atom. The van der Waals surface area contributed by atoms with E-state index in [9.17, 15) is 33.2 Å². The van der Waals surface area contributed by atoms with Crippen molar-refractivity contribution in [2.24, 2.45) is 0 Å². The number of anilines is 1. The number of thiazole rings is 1. The van der Waals surface area contributed by atoms with Gasteiger partial charge in [0.2, 0.25) is 9.84 Å². The number of hydrogen-bond donors (Lipinski definition) is 1. The van der Waals surface area contributed by atoms with E-state index in [2.05, 4.69) is 4.98 Å². The van der Waals surface area contributed by atoms with E-state index in [-0.39, 0.29) is 31.1 Å². The average Bonchev–Trinajstić information content (AvgIpc) is 3.65. The molecule has 1 aliphatic rings. The third-order valence-electron chi connectivity index (χ3n) is 5.68. The second-order valence-corrected chi connectivity index (χ2v) is 12.5. The summed E-state index contributed by atoms with van der Waals surface area (Å²) in [7, 11) is -4.13. The number of nitrogens with zero attached hydrogens (tertiary/aromatic N) is 3. The Morgan fingerprint density at radius 3 is 2.37 bits per heavy atom. The number of thiophene rings is 1. The predicted molar refractivity (Wildman–Crippen MR) is 141 cm³/mol. The molecule has 0 aliphatic carbocycles. The van der Waals surface area contributed by atoms with Crippen molar-refractivity contribution in [1.82, 2.24) is 4.98 Å². The van der Waals surface area contributed by atoms with E-state index in [1.54, 1.807) is 17.5 Å². The highest BCUT2D eigenvalue weighted by atomic mass is 35.5. The fourth-order valence-electron chi connectivity index (χ4n) is 3.86. The number of carbonyl (C=O) groups excluding carboxylic acids is 2. The van der Waals surface area contributed by atoms with Crippen molar-refractivity contribution >= 4 is 72.4 Å². The van der Waals surface area contributed by atoms with Gasteiger partial charge < -0.3 is 5.11 Å². The maximum atomic E-state index is 13.2. The van der Waals surface area contributed by atoms with Crippen molar-refractivity contribution in [2.75, 3.05) is 4.90 Å². The first kappa shape index (κ1) is 25.7. The van der Waals surface area contributed by atoms with Gasteiger partial charge in [-0.3, -0.25) is 24.6 Å². The monoisotopic (exact) mass is 587 g/mol. The molecule has 2 aromatic carbocycles. The van der Waals surface area contributed by atoms with Crippen LogP contribution in [0.25, 0.3) is 5.76 Å². The molecule has 3 heterocycles. The fraction of sp³-hybridized carbons (Fsp3) is 0.0417. The number of aromatic nitrogens is 1. The van der Waals surface area contributed by atoms with Gasteiger partial charge in [0.15, 0.2) is 5.13 Å². The summed E-state index contributed by atoms with van der Waals surface area (Å²) in [5.41, 5.74) is -0.169. The number of hydrogen-bond acceptors (Lipinski definition) is 10. The van der Waals surface area contributed by atoms with E-state index < -0.39 is 38.3 Å². The molecule has 2 aromatic heterocycles. The molecule has 0 spiro atoms. The summed E-state index contributed by atoms with van der Waals surface area (Å²) in [5.74, 6) is -2.34. The quantitative estimate of drug-likeness (QED) is 0.106. The molecule has 192 valence electrons. The molecule has 5 rings (SSSR count). The van der Waals surface area contributed by atoms with Crippen LogP contribution in [0, 0.1) is 10.1 Å². The number of rotatable bonds is 6. The van der Waals surface area contributed by atoms with Crippen molar-refractivity contribution in [3.63, 3.8) is 0 Å². The number of aliphatic hydroxyl groups is 1. The number of Topliss-reactive ketones (excluding diaryl/α,β-unsaturated/α-hetero) is 1. The minimum absolute atomic E-state index is 0.0684. The maximum absolute atomic E-state index is 13.2. The van der Waals surface area contributed by atoms with E-state index >= 15 is 0 Å². The Kier molecular flexibility index (Phi) is 6.61. The van der Waals surface area contributed by atoms with Gasteiger partial charge >= 0.3 is 5.91 Å². The Morgan fingerprint density at radius 1 is 1.08 bits per heavy atom. The molecule has 1 amide bonds. The smallest absolute Gasteiger partial charge is 0.301 e. The lowest BCUT2D eigenvalue weighted by Crippen LogP contribution is -2.28. The van der Waals surface area contributed by atoms with Crippen LogP contribution in [0.5, 0.6) is 0 Å². The van der Waals surface area contributed by atoms with Gasteiger partial charge in [0, 0.05) is 27.6 Å². The molecule has 1 saturated heterocycles. The zero-order valence-corrected chi connectivity index (χ0v) is 22.1. The molecule has 1 N–H and O–H groups in total. The van der Waals surface area contributed by atoms with Crippen molar-refractivity contribution in [3.8, 4) is 0 Å². The summed E-state index contributed by atoms with van der Waals surface area (Å²) in [4.78, 5) is 42.2. The highest BCUT2D eigenvalue weighted by molar-refractivity contribution is 7.93. The second-order valence-electron chi connectivity index (χ2n) is 7.91. The van der Waals surface area contributed by atoms with E-state index in [1.165, 1.54) is 35.6 Å². The van der Waals surface area contributed by atoms with Gasteiger partial charge in [-0.15, -0.1) is 11.3 Å². The lowest BCUT2D eigenvalue weighted by atomic mass is 10.00. The normalized spacial score (nSPS) is 17.2. The lowest BCUT2D eigenvalue weighted by Gasteiger charge is -2.21. The fourth-order valence-corrected chi connectivity index (χ4v) is 7.35. The molecule has 14 heteroatoms. The first-order valence-electron chi connectivity index (χ1n) is 10.7. The van der Waals surface area contributed by atoms with Crippen LogP contribution in [0.15, 0.2) is 86.9 Å². The van der Waals surface area contributed by atoms with Crippen molar-refractivity contribution in [3.05, 3.63) is 103 Å². The summed E-state index contributed by atoms with van der Waals surface area (Å²) in [6.45, 7) is 0. The van der Waals surface area contributed by atoms with Gasteiger partial charge in [0.25, 0.3) is 11.5 Å². The summed E-state index contributed by atoms with van der Waals surface area (Å²) in [6.07, 6.45) is 1.06. The number of halogens is 1. The first-order chi connectivity index (χ1) is 18.1. The van der Waals surface area contributed by atoms with Crippen LogP contribution in [-0.4, -0.2) is 35.1 Å². The minimum atomic E-state index is -4.13. The maximum Gasteiger partial charge on any atom is 0.301 e. The zero-order valence-electron chi connectivity index (χ0n) is 18.8. The number of nitro benzene ring substituents is 1. The lowest BCUT2D eigenvalue weighted by molar-refractivity contribution is -0.384. The van der Waals surface area contributed by atoms with Crippen molar-refractivity contribution < 1.29 is 28.0 Å². The van der Waals surface area contributed by atoms with Gasteiger partial charge in [-0.05, 0) is 47.8 Å². The van der Waals surface area contributed by atoms with Crippen LogP contribution in [0.3, 0.4) is 0 Å². The summed E-state index contributed by atoms with van der Waals surface area (Å²) in [6, 6.07) is 12.8. The summed E-state index contributed by atoms with van der Waals surface area (Å²) < 4.78 is 26.1. The van der Waals surface area contributed by atoms with E-state index in [0.29, 0.717) is 21.2 Å². The Balaban J connectivity index is 1.59. The van der Waals surface area contributed by atoms with Gasteiger partial charge in [-0.2, -0.15) is 0 Å². The Hall–Kier alpha value is -3.91. The zero-order chi connectivity index (χ0) is 27.2. The number of aliphatic hydroxyl groups excluding tert-OH is 1. The van der Waals surface area contributed by atoms with E-state index in [4.69, 9.17) is 11.6 Å². The number of nitro groups is 1. The topological polar surface area (TPSA) is 148 Å². The molecule has 1 fully saturated rings. The molecule has 0 radical (unpaired) electrons. The van der Waals surface area contributed by atoms with Crippen molar-refractivity contribution in [1.29, 1.82) is 0 Å².